The van der Waals surface area contributed by atoms with Crippen LogP contribution in [0.4, 0.5) is 5.69 Å². The van der Waals surface area contributed by atoms with E-state index < -0.39 is 0 Å². The summed E-state index contributed by atoms with van der Waals surface area (Å²) in [5.74, 6) is 1.18. The van der Waals surface area contributed by atoms with Crippen LogP contribution >= 0.6 is 23.1 Å². The first-order chi connectivity index (χ1) is 11.7. The lowest BCUT2D eigenvalue weighted by Crippen LogP contribution is -2.36. The summed E-state index contributed by atoms with van der Waals surface area (Å²) in [4.78, 5) is 20.1. The number of thiophene rings is 1. The average Bonchev–Trinajstić information content (AvgIpc) is 3.31. The lowest BCUT2D eigenvalue weighted by molar-refractivity contribution is -0.116. The third-order valence-electron chi connectivity index (χ3n) is 4.02. The quantitative estimate of drug-likeness (QED) is 0.726. The Kier molecular flexibility index (Phi) is 4.12. The summed E-state index contributed by atoms with van der Waals surface area (Å²) < 4.78 is 0. The first-order valence-corrected chi connectivity index (χ1v) is 9.58. The lowest BCUT2D eigenvalue weighted by atomic mass is 10.1. The van der Waals surface area contributed by atoms with Crippen molar-refractivity contribution in [2.45, 2.75) is 24.5 Å². The largest absolute Gasteiger partial charge is 0.308 e. The molecule has 1 amide bonds. The van der Waals surface area contributed by atoms with E-state index in [2.05, 4.69) is 28.2 Å². The fraction of sp³-hybridized carbons (Fsp3) is 0.235. The molecule has 1 aliphatic heterocycles. The van der Waals surface area contributed by atoms with Crippen molar-refractivity contribution in [2.24, 2.45) is 0 Å². The van der Waals surface area contributed by atoms with Crippen LogP contribution in [-0.4, -0.2) is 32.9 Å². The van der Waals surface area contributed by atoms with Crippen molar-refractivity contribution in [2.75, 3.05) is 10.7 Å². The van der Waals surface area contributed by atoms with Gasteiger partial charge in [0.05, 0.1) is 10.6 Å². The Bertz CT molecular complexity index is 859. The van der Waals surface area contributed by atoms with Gasteiger partial charge in [0.25, 0.3) is 0 Å². The summed E-state index contributed by atoms with van der Waals surface area (Å²) in [7, 11) is 0. The highest BCUT2D eigenvalue weighted by molar-refractivity contribution is 7.99. The number of carbonyl (C=O) groups is 1. The number of H-pyrrole nitrogens is 1. The molecule has 1 aromatic carbocycles. The zero-order valence-corrected chi connectivity index (χ0v) is 14.7. The molecule has 0 saturated carbocycles. The fourth-order valence-corrected chi connectivity index (χ4v) is 4.30. The fourth-order valence-electron chi connectivity index (χ4n) is 2.98. The number of carbonyl (C=O) groups excluding carboxylic acids is 1. The number of nitrogens with zero attached hydrogens (tertiary/aromatic N) is 3. The van der Waals surface area contributed by atoms with Crippen molar-refractivity contribution in [3.63, 3.8) is 0 Å². The van der Waals surface area contributed by atoms with E-state index in [4.69, 9.17) is 0 Å². The Morgan fingerprint density at radius 2 is 2.25 bits per heavy atom. The second-order valence-corrected chi connectivity index (χ2v) is 7.57. The number of thioether (sulfide) groups is 1. The maximum atomic E-state index is 12.7. The SMILES string of the molecule is CC1Cc2ccccc2N1C(=O)CSc1n[nH]c(-c2cccs2)n1. The number of hydrogen-bond donors (Lipinski definition) is 1. The highest BCUT2D eigenvalue weighted by atomic mass is 32.2. The molecule has 1 aliphatic rings. The molecule has 0 bridgehead atoms. The van der Waals surface area contributed by atoms with Gasteiger partial charge in [0.2, 0.25) is 11.1 Å². The molecule has 1 N–H and O–H groups in total. The molecule has 1 atom stereocenters. The summed E-state index contributed by atoms with van der Waals surface area (Å²) in [6.45, 7) is 2.09. The number of rotatable bonds is 4. The predicted molar refractivity (Wildman–Crippen MR) is 97.5 cm³/mol. The van der Waals surface area contributed by atoms with Gasteiger partial charge in [-0.3, -0.25) is 9.89 Å². The highest BCUT2D eigenvalue weighted by Crippen LogP contribution is 2.32. The molecular weight excluding hydrogens is 340 g/mol. The van der Waals surface area contributed by atoms with Gasteiger partial charge >= 0.3 is 0 Å². The maximum absolute atomic E-state index is 12.7. The highest BCUT2D eigenvalue weighted by Gasteiger charge is 2.30. The molecule has 0 aliphatic carbocycles. The Balaban J connectivity index is 1.44. The molecule has 0 radical (unpaired) electrons. The Hall–Kier alpha value is -2.12. The van der Waals surface area contributed by atoms with E-state index in [-0.39, 0.29) is 11.9 Å². The molecular formula is C17H16N4OS2. The van der Waals surface area contributed by atoms with Gasteiger partial charge in [-0.15, -0.1) is 16.4 Å². The van der Waals surface area contributed by atoms with Crippen LogP contribution in [0.2, 0.25) is 0 Å². The van der Waals surface area contributed by atoms with E-state index in [1.54, 1.807) is 11.3 Å². The first-order valence-electron chi connectivity index (χ1n) is 7.71. The van der Waals surface area contributed by atoms with Gasteiger partial charge in [0.15, 0.2) is 5.82 Å². The minimum absolute atomic E-state index is 0.0972. The van der Waals surface area contributed by atoms with Crippen LogP contribution in [-0.2, 0) is 11.2 Å². The molecule has 7 heteroatoms. The van der Waals surface area contributed by atoms with Crippen molar-refractivity contribution in [3.8, 4) is 10.7 Å². The van der Waals surface area contributed by atoms with Crippen LogP contribution in [0.5, 0.6) is 0 Å². The Labute approximate surface area is 148 Å². The Morgan fingerprint density at radius 3 is 3.08 bits per heavy atom. The average molecular weight is 356 g/mol. The Morgan fingerprint density at radius 1 is 1.38 bits per heavy atom. The molecule has 122 valence electrons. The van der Waals surface area contributed by atoms with E-state index in [1.807, 2.05) is 40.6 Å². The monoisotopic (exact) mass is 356 g/mol. The van der Waals surface area contributed by atoms with Crippen LogP contribution in [0.25, 0.3) is 10.7 Å². The zero-order valence-electron chi connectivity index (χ0n) is 13.1. The number of benzene rings is 1. The molecule has 0 saturated heterocycles. The van der Waals surface area contributed by atoms with Crippen LogP contribution in [0, 0.1) is 0 Å². The minimum atomic E-state index is 0.0972. The molecule has 3 aromatic rings. The van der Waals surface area contributed by atoms with Crippen molar-refractivity contribution in [3.05, 3.63) is 47.3 Å². The molecule has 5 nitrogen and oxygen atoms in total. The first kappa shape index (κ1) is 15.4. The van der Waals surface area contributed by atoms with E-state index in [1.165, 1.54) is 17.3 Å². The third-order valence-corrected chi connectivity index (χ3v) is 5.73. The standard InChI is InChI=1S/C17H16N4OS2/c1-11-9-12-5-2-3-6-13(12)21(11)15(22)10-24-17-18-16(19-20-17)14-7-4-8-23-14/h2-8,11H,9-10H2,1H3,(H,18,19,20). The molecule has 0 fully saturated rings. The number of amides is 1. The van der Waals surface area contributed by atoms with E-state index >= 15 is 0 Å². The normalized spacial score (nSPS) is 16.4. The van der Waals surface area contributed by atoms with Crippen molar-refractivity contribution in [1.29, 1.82) is 0 Å². The van der Waals surface area contributed by atoms with Gasteiger partial charge in [0, 0.05) is 11.7 Å². The number of hydrogen-bond acceptors (Lipinski definition) is 5. The predicted octanol–water partition coefficient (Wildman–Crippen LogP) is 3.60. The summed E-state index contributed by atoms with van der Waals surface area (Å²) in [5, 5.41) is 9.73. The number of fused-ring (bicyclic) bond motifs is 1. The number of nitrogens with one attached hydrogen (secondary N) is 1. The lowest BCUT2D eigenvalue weighted by Gasteiger charge is -2.22. The van der Waals surface area contributed by atoms with Gasteiger partial charge in [-0.25, -0.2) is 4.98 Å². The molecule has 4 rings (SSSR count). The number of anilines is 1. The van der Waals surface area contributed by atoms with Crippen molar-refractivity contribution >= 4 is 34.7 Å². The summed E-state index contributed by atoms with van der Waals surface area (Å²) >= 11 is 2.98. The molecule has 2 aromatic heterocycles. The van der Waals surface area contributed by atoms with Crippen LogP contribution in [0.15, 0.2) is 46.9 Å². The number of aromatic nitrogens is 3. The molecule has 1 unspecified atom stereocenters. The smallest absolute Gasteiger partial charge is 0.237 e. The van der Waals surface area contributed by atoms with Crippen molar-refractivity contribution in [1.82, 2.24) is 15.2 Å². The minimum Gasteiger partial charge on any atom is -0.308 e. The number of aromatic amines is 1. The van der Waals surface area contributed by atoms with Gasteiger partial charge < -0.3 is 4.90 Å². The van der Waals surface area contributed by atoms with E-state index in [0.29, 0.717) is 10.9 Å². The number of para-hydroxylation sites is 1. The van der Waals surface area contributed by atoms with Gasteiger partial charge in [0.1, 0.15) is 0 Å². The van der Waals surface area contributed by atoms with Crippen LogP contribution in [0.3, 0.4) is 0 Å². The van der Waals surface area contributed by atoms with Gasteiger partial charge in [-0.2, -0.15) is 0 Å². The zero-order chi connectivity index (χ0) is 16.5. The molecule has 24 heavy (non-hydrogen) atoms. The molecule has 3 heterocycles. The summed E-state index contributed by atoms with van der Waals surface area (Å²) in [5.41, 5.74) is 2.27. The third kappa shape index (κ3) is 2.85. The second-order valence-electron chi connectivity index (χ2n) is 5.68. The van der Waals surface area contributed by atoms with Gasteiger partial charge in [-0.1, -0.05) is 36.0 Å². The van der Waals surface area contributed by atoms with Crippen LogP contribution in [0.1, 0.15) is 12.5 Å². The van der Waals surface area contributed by atoms with E-state index in [9.17, 15) is 4.79 Å². The van der Waals surface area contributed by atoms with E-state index in [0.717, 1.165) is 22.8 Å². The van der Waals surface area contributed by atoms with Crippen LogP contribution < -0.4 is 4.90 Å². The summed E-state index contributed by atoms with van der Waals surface area (Å²) in [6.07, 6.45) is 0.912. The molecule has 0 spiro atoms. The maximum Gasteiger partial charge on any atom is 0.237 e. The summed E-state index contributed by atoms with van der Waals surface area (Å²) in [6, 6.07) is 12.3. The second kappa shape index (κ2) is 6.41. The topological polar surface area (TPSA) is 61.9 Å². The van der Waals surface area contributed by atoms with Crippen molar-refractivity contribution < 1.29 is 4.79 Å². The van der Waals surface area contributed by atoms with Gasteiger partial charge in [-0.05, 0) is 36.4 Å².